The lowest BCUT2D eigenvalue weighted by Gasteiger charge is -2.42. The van der Waals surface area contributed by atoms with Gasteiger partial charge in [0, 0.05) is 21.3 Å². The number of aliphatic hydroxyl groups excluding tert-OH is 1. The Morgan fingerprint density at radius 1 is 1.20 bits per heavy atom. The van der Waals surface area contributed by atoms with Crippen molar-refractivity contribution in [2.24, 2.45) is 5.73 Å². The summed E-state index contributed by atoms with van der Waals surface area (Å²) in [5.41, 5.74) is 5.74. The summed E-state index contributed by atoms with van der Waals surface area (Å²) in [4.78, 5) is 0. The quantitative estimate of drug-likeness (QED) is 0.614. The maximum Gasteiger partial charge on any atom is 0.173 e. The fourth-order valence-corrected chi connectivity index (χ4v) is 1.82. The van der Waals surface area contributed by atoms with Gasteiger partial charge >= 0.3 is 0 Å². The van der Waals surface area contributed by atoms with Crippen molar-refractivity contribution in [2.75, 3.05) is 27.9 Å². The van der Waals surface area contributed by atoms with Crippen LogP contribution in [0.15, 0.2) is 0 Å². The zero-order chi connectivity index (χ0) is 11.4. The second-order valence-corrected chi connectivity index (χ2v) is 3.50. The lowest BCUT2D eigenvalue weighted by Crippen LogP contribution is -2.63. The maximum atomic E-state index is 9.55. The molecule has 0 aliphatic carbocycles. The number of ether oxygens (including phenoxy) is 4. The van der Waals surface area contributed by atoms with Gasteiger partial charge in [-0.3, -0.25) is 0 Å². The van der Waals surface area contributed by atoms with Crippen molar-refractivity contribution >= 4 is 0 Å². The van der Waals surface area contributed by atoms with E-state index in [2.05, 4.69) is 0 Å². The lowest BCUT2D eigenvalue weighted by molar-refractivity contribution is -0.259. The first-order valence-corrected chi connectivity index (χ1v) is 4.79. The van der Waals surface area contributed by atoms with E-state index >= 15 is 0 Å². The molecule has 0 bridgehead atoms. The smallest absolute Gasteiger partial charge is 0.173 e. The van der Waals surface area contributed by atoms with Crippen molar-refractivity contribution in [1.29, 1.82) is 0 Å². The van der Waals surface area contributed by atoms with E-state index in [4.69, 9.17) is 24.7 Å². The third kappa shape index (κ3) is 2.66. The fraction of sp³-hybridized carbons (Fsp3) is 1.00. The summed E-state index contributed by atoms with van der Waals surface area (Å²) >= 11 is 0. The first-order chi connectivity index (χ1) is 7.15. The predicted molar refractivity (Wildman–Crippen MR) is 52.3 cm³/mol. The molecule has 90 valence electrons. The second-order valence-electron chi connectivity index (χ2n) is 3.50. The van der Waals surface area contributed by atoms with Crippen LogP contribution < -0.4 is 5.73 Å². The van der Waals surface area contributed by atoms with Crippen LogP contribution in [0.3, 0.4) is 0 Å². The molecule has 0 aromatic carbocycles. The van der Waals surface area contributed by atoms with E-state index in [0.29, 0.717) is 6.61 Å². The predicted octanol–water partition coefficient (Wildman–Crippen LogP) is -1.29. The Bertz CT molecular complexity index is 191. The zero-order valence-corrected chi connectivity index (χ0v) is 9.25. The number of nitrogens with two attached hydrogens (primary N) is 1. The minimum Gasteiger partial charge on any atom is -0.382 e. The van der Waals surface area contributed by atoms with Crippen LogP contribution in [0.4, 0.5) is 0 Å². The molecule has 6 heteroatoms. The average Bonchev–Trinajstić information content (AvgIpc) is 2.23. The monoisotopic (exact) mass is 221 g/mol. The Labute approximate surface area is 89.2 Å². The van der Waals surface area contributed by atoms with E-state index in [0.717, 1.165) is 0 Å². The van der Waals surface area contributed by atoms with Gasteiger partial charge in [0.15, 0.2) is 6.29 Å². The molecule has 0 aromatic heterocycles. The molecule has 1 fully saturated rings. The summed E-state index contributed by atoms with van der Waals surface area (Å²) in [6.07, 6.45) is -2.17. The van der Waals surface area contributed by atoms with Gasteiger partial charge in [-0.05, 0) is 0 Å². The summed E-state index contributed by atoms with van der Waals surface area (Å²) in [7, 11) is 4.63. The molecule has 0 unspecified atom stereocenters. The lowest BCUT2D eigenvalue weighted by atomic mass is 9.97. The Hall–Kier alpha value is -0.240. The molecule has 1 saturated heterocycles. The van der Waals surface area contributed by atoms with E-state index in [1.165, 1.54) is 7.11 Å². The van der Waals surface area contributed by atoms with Gasteiger partial charge in [0.25, 0.3) is 0 Å². The number of methoxy groups -OCH3 is 3. The average molecular weight is 221 g/mol. The Balaban J connectivity index is 2.73. The summed E-state index contributed by atoms with van der Waals surface area (Å²) in [5, 5.41) is 9.55. The first-order valence-electron chi connectivity index (χ1n) is 4.79. The highest BCUT2D eigenvalue weighted by Crippen LogP contribution is 2.22. The normalized spacial score (nSPS) is 41.8. The second kappa shape index (κ2) is 5.74. The van der Waals surface area contributed by atoms with Crippen LogP contribution in [0.1, 0.15) is 0 Å². The van der Waals surface area contributed by atoms with Crippen LogP contribution in [0.25, 0.3) is 0 Å². The summed E-state index contributed by atoms with van der Waals surface area (Å²) in [6.45, 7) is 0.322. The highest BCUT2D eigenvalue weighted by Gasteiger charge is 2.44. The third-order valence-electron chi connectivity index (χ3n) is 2.59. The van der Waals surface area contributed by atoms with Gasteiger partial charge in [-0.15, -0.1) is 0 Å². The van der Waals surface area contributed by atoms with Crippen LogP contribution in [0.2, 0.25) is 0 Å². The summed E-state index contributed by atoms with van der Waals surface area (Å²) < 4.78 is 20.7. The van der Waals surface area contributed by atoms with Crippen LogP contribution >= 0.6 is 0 Å². The van der Waals surface area contributed by atoms with Gasteiger partial charge in [-0.25, -0.2) is 0 Å². The molecule has 15 heavy (non-hydrogen) atoms. The van der Waals surface area contributed by atoms with Gasteiger partial charge in [-0.2, -0.15) is 0 Å². The number of aliphatic hydroxyl groups is 1. The molecule has 0 radical (unpaired) electrons. The maximum absolute atomic E-state index is 9.55. The number of rotatable bonds is 4. The van der Waals surface area contributed by atoms with Crippen molar-refractivity contribution in [1.82, 2.24) is 0 Å². The van der Waals surface area contributed by atoms with Gasteiger partial charge < -0.3 is 29.8 Å². The molecule has 1 aliphatic rings. The topological polar surface area (TPSA) is 83.2 Å². The van der Waals surface area contributed by atoms with Crippen molar-refractivity contribution in [3.8, 4) is 0 Å². The van der Waals surface area contributed by atoms with Crippen molar-refractivity contribution < 1.29 is 24.1 Å². The van der Waals surface area contributed by atoms with E-state index in [1.807, 2.05) is 0 Å². The Kier molecular flexibility index (Phi) is 4.91. The summed E-state index contributed by atoms with van der Waals surface area (Å²) in [6, 6.07) is -0.618. The van der Waals surface area contributed by atoms with Gasteiger partial charge in [0.2, 0.25) is 0 Å². The molecule has 6 nitrogen and oxygen atoms in total. The van der Waals surface area contributed by atoms with E-state index in [1.54, 1.807) is 14.2 Å². The molecule has 0 spiro atoms. The number of hydrogen-bond donors (Lipinski definition) is 2. The number of hydrogen-bond acceptors (Lipinski definition) is 6. The Morgan fingerprint density at radius 2 is 1.80 bits per heavy atom. The molecule has 0 saturated carbocycles. The zero-order valence-electron chi connectivity index (χ0n) is 9.25. The molecular formula is C9H19NO5. The van der Waals surface area contributed by atoms with Crippen LogP contribution in [0.5, 0.6) is 0 Å². The molecule has 5 atom stereocenters. The Morgan fingerprint density at radius 3 is 2.27 bits per heavy atom. The highest BCUT2D eigenvalue weighted by molar-refractivity contribution is 4.92. The molecule has 1 heterocycles. The SMILES string of the molecule is COC[C@H]1O[C@H](O)[C@H](N)[C@@H](OC)[C@@H]1OC. The third-order valence-corrected chi connectivity index (χ3v) is 2.59. The standard InChI is InChI=1S/C9H19NO5/c1-12-4-5-7(13-2)8(14-3)6(10)9(11)15-5/h5-9,11H,4,10H2,1-3H3/t5-,6-,7-,8-,9+/m1/s1. The minimum absolute atomic E-state index is 0.322. The molecule has 0 aromatic rings. The highest BCUT2D eigenvalue weighted by atomic mass is 16.6. The van der Waals surface area contributed by atoms with Crippen LogP contribution in [-0.2, 0) is 18.9 Å². The first kappa shape index (κ1) is 12.8. The van der Waals surface area contributed by atoms with Gasteiger partial charge in [-0.1, -0.05) is 0 Å². The van der Waals surface area contributed by atoms with Crippen LogP contribution in [-0.4, -0.2) is 63.7 Å². The molecule has 1 aliphatic heterocycles. The summed E-state index contributed by atoms with van der Waals surface area (Å²) in [5.74, 6) is 0. The van der Waals surface area contributed by atoms with Crippen molar-refractivity contribution in [3.05, 3.63) is 0 Å². The largest absolute Gasteiger partial charge is 0.382 e. The van der Waals surface area contributed by atoms with Crippen molar-refractivity contribution in [3.63, 3.8) is 0 Å². The molecule has 1 rings (SSSR count). The minimum atomic E-state index is -1.05. The van der Waals surface area contributed by atoms with E-state index in [9.17, 15) is 5.11 Å². The van der Waals surface area contributed by atoms with E-state index in [-0.39, 0.29) is 12.2 Å². The van der Waals surface area contributed by atoms with E-state index < -0.39 is 18.4 Å². The molecule has 0 amide bonds. The fourth-order valence-electron chi connectivity index (χ4n) is 1.82. The van der Waals surface area contributed by atoms with Crippen LogP contribution in [0, 0.1) is 0 Å². The van der Waals surface area contributed by atoms with Crippen molar-refractivity contribution in [2.45, 2.75) is 30.6 Å². The van der Waals surface area contributed by atoms with Gasteiger partial charge in [0.1, 0.15) is 18.3 Å². The van der Waals surface area contributed by atoms with Gasteiger partial charge in [0.05, 0.1) is 12.6 Å². The molecule has 3 N–H and O–H groups in total. The molecular weight excluding hydrogens is 202 g/mol.